The van der Waals surface area contributed by atoms with E-state index in [1.807, 2.05) is 16.5 Å². The lowest BCUT2D eigenvalue weighted by molar-refractivity contribution is 0.00486. The molecule has 1 aliphatic carbocycles. The van der Waals surface area contributed by atoms with Crippen molar-refractivity contribution < 1.29 is 9.53 Å². The first-order valence-corrected chi connectivity index (χ1v) is 10.2. The molecule has 4 rings (SSSR count). The molecule has 2 saturated heterocycles. The lowest BCUT2D eigenvalue weighted by Crippen LogP contribution is -2.52. The fourth-order valence-corrected chi connectivity index (χ4v) is 5.59. The second-order valence-electron chi connectivity index (χ2n) is 7.44. The van der Waals surface area contributed by atoms with Gasteiger partial charge in [0.25, 0.3) is 0 Å². The summed E-state index contributed by atoms with van der Waals surface area (Å²) in [5, 5.41) is 6.50. The second kappa shape index (κ2) is 7.00. The van der Waals surface area contributed by atoms with Crippen LogP contribution in [0.2, 0.25) is 0 Å². The quantitative estimate of drug-likeness (QED) is 0.885. The van der Waals surface area contributed by atoms with Gasteiger partial charge in [-0.3, -0.25) is 0 Å². The van der Waals surface area contributed by atoms with Crippen LogP contribution >= 0.6 is 11.3 Å². The molecule has 2 amide bonds. The monoisotopic (exact) mass is 349 g/mol. The number of likely N-dealkylation sites (tertiary alicyclic amines) is 1. The summed E-state index contributed by atoms with van der Waals surface area (Å²) in [6.45, 7) is 2.54. The Morgan fingerprint density at radius 1 is 1.25 bits per heavy atom. The molecule has 24 heavy (non-hydrogen) atoms. The van der Waals surface area contributed by atoms with Crippen molar-refractivity contribution in [2.75, 3.05) is 19.8 Å². The van der Waals surface area contributed by atoms with Crippen LogP contribution in [0.25, 0.3) is 0 Å². The van der Waals surface area contributed by atoms with E-state index in [0.29, 0.717) is 6.04 Å². The topological polar surface area (TPSA) is 54.5 Å². The molecule has 0 aromatic carbocycles. The minimum Gasteiger partial charge on any atom is -0.381 e. The van der Waals surface area contributed by atoms with Crippen LogP contribution in [0.4, 0.5) is 4.79 Å². The first-order chi connectivity index (χ1) is 11.8. The lowest BCUT2D eigenvalue weighted by atomic mass is 9.75. The van der Waals surface area contributed by atoms with Gasteiger partial charge in [0.05, 0.1) is 6.04 Å². The SMILES string of the molecule is O=C(N[C@H]1CCCC12CCOCC2)N1CCCC[C@@H]1c1nccs1. The summed E-state index contributed by atoms with van der Waals surface area (Å²) >= 11 is 1.67. The number of hydrogen-bond acceptors (Lipinski definition) is 4. The molecule has 1 aromatic rings. The number of carbonyl (C=O) groups is 1. The third kappa shape index (κ3) is 3.06. The zero-order valence-corrected chi connectivity index (χ0v) is 15.0. The Kier molecular flexibility index (Phi) is 4.77. The van der Waals surface area contributed by atoms with Gasteiger partial charge in [-0.15, -0.1) is 11.3 Å². The van der Waals surface area contributed by atoms with Gasteiger partial charge in [-0.2, -0.15) is 0 Å². The van der Waals surface area contributed by atoms with Crippen molar-refractivity contribution in [1.29, 1.82) is 0 Å². The van der Waals surface area contributed by atoms with Crippen molar-refractivity contribution in [3.8, 4) is 0 Å². The van der Waals surface area contributed by atoms with E-state index in [4.69, 9.17) is 4.74 Å². The van der Waals surface area contributed by atoms with Crippen LogP contribution in [0.3, 0.4) is 0 Å². The zero-order chi connectivity index (χ0) is 16.4. The zero-order valence-electron chi connectivity index (χ0n) is 14.2. The van der Waals surface area contributed by atoms with Gasteiger partial charge in [-0.1, -0.05) is 6.42 Å². The number of thiazole rings is 1. The maximum absolute atomic E-state index is 13.0. The summed E-state index contributed by atoms with van der Waals surface area (Å²) in [6, 6.07) is 0.589. The molecular formula is C18H27N3O2S. The molecule has 1 saturated carbocycles. The maximum atomic E-state index is 13.0. The Morgan fingerprint density at radius 3 is 2.92 bits per heavy atom. The molecule has 2 aliphatic heterocycles. The summed E-state index contributed by atoms with van der Waals surface area (Å²) in [5.74, 6) is 0. The summed E-state index contributed by atoms with van der Waals surface area (Å²) in [7, 11) is 0. The largest absolute Gasteiger partial charge is 0.381 e. The van der Waals surface area contributed by atoms with Crippen molar-refractivity contribution in [3.05, 3.63) is 16.6 Å². The minimum absolute atomic E-state index is 0.118. The fourth-order valence-electron chi connectivity index (χ4n) is 4.80. The van der Waals surface area contributed by atoms with Gasteiger partial charge in [-0.05, 0) is 50.4 Å². The average molecular weight is 349 g/mol. The van der Waals surface area contributed by atoms with Gasteiger partial charge in [0.2, 0.25) is 0 Å². The van der Waals surface area contributed by atoms with Crippen LogP contribution < -0.4 is 5.32 Å². The standard InChI is InChI=1S/C18H27N3O2S/c22-17(20-15-5-3-6-18(15)7-11-23-12-8-18)21-10-2-1-4-14(21)16-19-9-13-24-16/h9,13-15H,1-8,10-12H2,(H,20,22)/t14-,15+/m1/s1. The molecule has 6 heteroatoms. The molecule has 1 aromatic heterocycles. The van der Waals surface area contributed by atoms with Gasteiger partial charge in [0, 0.05) is 37.4 Å². The predicted octanol–water partition coefficient (Wildman–Crippen LogP) is 3.73. The van der Waals surface area contributed by atoms with Crippen LogP contribution in [-0.2, 0) is 4.74 Å². The van der Waals surface area contributed by atoms with Gasteiger partial charge < -0.3 is 15.0 Å². The van der Waals surface area contributed by atoms with Crippen molar-refractivity contribution in [2.24, 2.45) is 5.41 Å². The molecule has 2 atom stereocenters. The number of nitrogens with one attached hydrogen (secondary N) is 1. The van der Waals surface area contributed by atoms with E-state index in [1.165, 1.54) is 19.3 Å². The molecule has 3 heterocycles. The Morgan fingerprint density at radius 2 is 2.12 bits per heavy atom. The number of carbonyl (C=O) groups excluding carboxylic acids is 1. The van der Waals surface area contributed by atoms with Gasteiger partial charge in [-0.25, -0.2) is 9.78 Å². The minimum atomic E-state index is 0.118. The van der Waals surface area contributed by atoms with E-state index >= 15 is 0 Å². The van der Waals surface area contributed by atoms with E-state index in [9.17, 15) is 4.79 Å². The highest BCUT2D eigenvalue weighted by molar-refractivity contribution is 7.09. The third-order valence-corrected chi connectivity index (χ3v) is 7.07. The first-order valence-electron chi connectivity index (χ1n) is 9.33. The van der Waals surface area contributed by atoms with Crippen LogP contribution in [-0.4, -0.2) is 41.7 Å². The van der Waals surface area contributed by atoms with Crippen molar-refractivity contribution in [1.82, 2.24) is 15.2 Å². The number of nitrogens with zero attached hydrogens (tertiary/aromatic N) is 2. The van der Waals surface area contributed by atoms with E-state index in [2.05, 4.69) is 10.3 Å². The Bertz CT molecular complexity index is 557. The van der Waals surface area contributed by atoms with E-state index in [0.717, 1.165) is 56.9 Å². The molecule has 1 spiro atoms. The smallest absolute Gasteiger partial charge is 0.318 e. The molecular weight excluding hydrogens is 322 g/mol. The summed E-state index contributed by atoms with van der Waals surface area (Å²) in [4.78, 5) is 19.5. The Hall–Kier alpha value is -1.14. The fraction of sp³-hybridized carbons (Fsp3) is 0.778. The molecule has 3 fully saturated rings. The number of ether oxygens (including phenoxy) is 1. The lowest BCUT2D eigenvalue weighted by Gasteiger charge is -2.41. The van der Waals surface area contributed by atoms with Gasteiger partial charge in [0.1, 0.15) is 5.01 Å². The molecule has 5 nitrogen and oxygen atoms in total. The maximum Gasteiger partial charge on any atom is 0.318 e. The summed E-state index contributed by atoms with van der Waals surface area (Å²) in [6.07, 6.45) is 10.9. The first kappa shape index (κ1) is 16.3. The van der Waals surface area contributed by atoms with Crippen molar-refractivity contribution >= 4 is 17.4 Å². The average Bonchev–Trinajstić information content (AvgIpc) is 3.27. The van der Waals surface area contributed by atoms with Crippen LogP contribution in [0.1, 0.15) is 62.4 Å². The van der Waals surface area contributed by atoms with Crippen molar-refractivity contribution in [3.63, 3.8) is 0 Å². The highest BCUT2D eigenvalue weighted by Gasteiger charge is 2.45. The highest BCUT2D eigenvalue weighted by atomic mass is 32.1. The number of aromatic nitrogens is 1. The highest BCUT2D eigenvalue weighted by Crippen LogP contribution is 2.46. The van der Waals surface area contributed by atoms with Gasteiger partial charge in [0.15, 0.2) is 0 Å². The van der Waals surface area contributed by atoms with Crippen LogP contribution in [0.15, 0.2) is 11.6 Å². The van der Waals surface area contributed by atoms with E-state index in [-0.39, 0.29) is 17.5 Å². The van der Waals surface area contributed by atoms with Crippen LogP contribution in [0, 0.1) is 5.41 Å². The molecule has 0 unspecified atom stereocenters. The third-order valence-electron chi connectivity index (χ3n) is 6.19. The van der Waals surface area contributed by atoms with Crippen LogP contribution in [0.5, 0.6) is 0 Å². The molecule has 3 aliphatic rings. The molecule has 0 bridgehead atoms. The number of amides is 2. The Balaban J connectivity index is 1.46. The Labute approximate surface area is 147 Å². The predicted molar refractivity (Wildman–Crippen MR) is 94.1 cm³/mol. The summed E-state index contributed by atoms with van der Waals surface area (Å²) in [5.41, 5.74) is 0.278. The number of urea groups is 1. The summed E-state index contributed by atoms with van der Waals surface area (Å²) < 4.78 is 5.56. The second-order valence-corrected chi connectivity index (χ2v) is 8.37. The molecule has 132 valence electrons. The number of rotatable bonds is 2. The molecule has 0 radical (unpaired) electrons. The van der Waals surface area contributed by atoms with E-state index in [1.54, 1.807) is 11.3 Å². The number of hydrogen-bond donors (Lipinski definition) is 1. The van der Waals surface area contributed by atoms with Gasteiger partial charge >= 0.3 is 6.03 Å². The molecule has 1 N–H and O–H groups in total. The number of piperidine rings is 1. The normalized spacial score (nSPS) is 29.8. The van der Waals surface area contributed by atoms with E-state index < -0.39 is 0 Å². The van der Waals surface area contributed by atoms with Crippen molar-refractivity contribution in [2.45, 2.75) is 63.5 Å².